The summed E-state index contributed by atoms with van der Waals surface area (Å²) in [6.45, 7) is 3.92. The Morgan fingerprint density at radius 3 is 2.10 bits per heavy atom. The smallest absolute Gasteiger partial charge is 0.284 e. The summed E-state index contributed by atoms with van der Waals surface area (Å²) in [5.74, 6) is 0.358. The Kier molecular flexibility index (Phi) is 4.11. The molecular formula is C16H21N3O2. The molecule has 0 unspecified atom stereocenters. The van der Waals surface area contributed by atoms with Crippen LogP contribution in [0.4, 0.5) is 10.5 Å². The van der Waals surface area contributed by atoms with Gasteiger partial charge < -0.3 is 0 Å². The summed E-state index contributed by atoms with van der Waals surface area (Å²) in [7, 11) is 3.20. The maximum absolute atomic E-state index is 12.7. The zero-order valence-corrected chi connectivity index (χ0v) is 13.0. The van der Waals surface area contributed by atoms with E-state index in [1.165, 1.54) is 16.8 Å². The highest BCUT2D eigenvalue weighted by atomic mass is 16.2. The van der Waals surface area contributed by atoms with Crippen molar-refractivity contribution < 1.29 is 9.59 Å². The van der Waals surface area contributed by atoms with E-state index in [9.17, 15) is 9.59 Å². The van der Waals surface area contributed by atoms with Gasteiger partial charge in [-0.3, -0.25) is 14.6 Å². The summed E-state index contributed by atoms with van der Waals surface area (Å²) in [6, 6.07) is 9.07. The van der Waals surface area contributed by atoms with Crippen molar-refractivity contribution in [2.75, 3.05) is 14.1 Å². The van der Waals surface area contributed by atoms with E-state index in [1.807, 2.05) is 44.2 Å². The molecular weight excluding hydrogens is 266 g/mol. The number of amidine groups is 1. The van der Waals surface area contributed by atoms with Crippen LogP contribution in [0.5, 0.6) is 0 Å². The first-order valence-electron chi connectivity index (χ1n) is 7.18. The fourth-order valence-electron chi connectivity index (χ4n) is 2.82. The summed E-state index contributed by atoms with van der Waals surface area (Å²) in [5, 5.41) is 0. The zero-order valence-electron chi connectivity index (χ0n) is 13.0. The molecule has 5 heteroatoms. The predicted molar refractivity (Wildman–Crippen MR) is 82.5 cm³/mol. The average Bonchev–Trinajstić information content (AvgIpc) is 2.53. The van der Waals surface area contributed by atoms with Gasteiger partial charge in [0.15, 0.2) is 0 Å². The Bertz CT molecular complexity index is 576. The number of rotatable bonds is 3. The molecule has 0 radical (unpaired) electrons. The summed E-state index contributed by atoms with van der Waals surface area (Å²) in [5.41, 5.74) is 0.00328. The second-order valence-electron chi connectivity index (χ2n) is 5.27. The second kappa shape index (κ2) is 5.68. The lowest BCUT2D eigenvalue weighted by Gasteiger charge is -2.43. The van der Waals surface area contributed by atoms with Gasteiger partial charge in [0.25, 0.3) is 0 Å². The van der Waals surface area contributed by atoms with Gasteiger partial charge in [0.05, 0.1) is 5.69 Å². The van der Waals surface area contributed by atoms with Crippen molar-refractivity contribution in [2.45, 2.75) is 26.7 Å². The molecule has 0 atom stereocenters. The third kappa shape index (κ3) is 2.33. The van der Waals surface area contributed by atoms with Crippen LogP contribution in [0.25, 0.3) is 0 Å². The lowest BCUT2D eigenvalue weighted by molar-refractivity contribution is -0.136. The predicted octanol–water partition coefficient (Wildman–Crippen LogP) is 3.05. The monoisotopic (exact) mass is 287 g/mol. The molecule has 0 aliphatic carbocycles. The van der Waals surface area contributed by atoms with E-state index >= 15 is 0 Å². The highest BCUT2D eigenvalue weighted by Crippen LogP contribution is 2.37. The van der Waals surface area contributed by atoms with Crippen LogP contribution in [0.15, 0.2) is 35.3 Å². The van der Waals surface area contributed by atoms with Crippen molar-refractivity contribution in [3.05, 3.63) is 30.3 Å². The first-order valence-corrected chi connectivity index (χ1v) is 7.18. The molecule has 1 saturated heterocycles. The highest BCUT2D eigenvalue weighted by molar-refractivity contribution is 6.21. The standard InChI is InChI=1S/C16H21N3O2/c1-5-16(6-2)13(17-12-10-8-7-9-11-12)18(3)15(21)19(4)14(16)20/h7-11H,5-6H2,1-4H3. The molecule has 0 spiro atoms. The van der Waals surface area contributed by atoms with Crippen LogP contribution in [0.3, 0.4) is 0 Å². The number of nitrogens with zero attached hydrogens (tertiary/aromatic N) is 3. The maximum atomic E-state index is 12.7. The third-order valence-corrected chi connectivity index (χ3v) is 4.23. The van der Waals surface area contributed by atoms with Crippen molar-refractivity contribution >= 4 is 23.5 Å². The van der Waals surface area contributed by atoms with Crippen LogP contribution in [0.2, 0.25) is 0 Å². The van der Waals surface area contributed by atoms with Gasteiger partial charge in [0.1, 0.15) is 11.3 Å². The molecule has 3 amide bonds. The Labute approximate surface area is 125 Å². The van der Waals surface area contributed by atoms with Crippen LogP contribution in [-0.2, 0) is 4.79 Å². The number of hydrogen-bond acceptors (Lipinski definition) is 3. The molecule has 0 saturated carbocycles. The molecule has 1 heterocycles. The van der Waals surface area contributed by atoms with E-state index in [1.54, 1.807) is 7.05 Å². The van der Waals surface area contributed by atoms with Gasteiger partial charge >= 0.3 is 6.03 Å². The number of carbonyl (C=O) groups is 2. The minimum absolute atomic E-state index is 0.176. The van der Waals surface area contributed by atoms with Gasteiger partial charge in [0.2, 0.25) is 5.91 Å². The minimum Gasteiger partial charge on any atom is -0.284 e. The molecule has 0 N–H and O–H groups in total. The summed E-state index contributed by atoms with van der Waals surface area (Å²) in [4.78, 5) is 32.2. The van der Waals surface area contributed by atoms with E-state index in [2.05, 4.69) is 4.99 Å². The second-order valence-corrected chi connectivity index (χ2v) is 5.27. The molecule has 1 aromatic carbocycles. The first kappa shape index (κ1) is 15.2. The largest absolute Gasteiger partial charge is 0.331 e. The Balaban J connectivity index is 2.60. The first-order chi connectivity index (χ1) is 9.97. The van der Waals surface area contributed by atoms with Crippen LogP contribution in [0, 0.1) is 5.41 Å². The van der Waals surface area contributed by atoms with E-state index in [-0.39, 0.29) is 11.9 Å². The Morgan fingerprint density at radius 2 is 1.57 bits per heavy atom. The number of para-hydroxylation sites is 1. The molecule has 1 aliphatic heterocycles. The zero-order chi connectivity index (χ0) is 15.6. The van der Waals surface area contributed by atoms with Crippen molar-refractivity contribution in [2.24, 2.45) is 10.4 Å². The third-order valence-electron chi connectivity index (χ3n) is 4.23. The van der Waals surface area contributed by atoms with Crippen molar-refractivity contribution in [3.63, 3.8) is 0 Å². The Morgan fingerprint density at radius 1 is 1.00 bits per heavy atom. The number of aliphatic imine (C=N–C) groups is 1. The van der Waals surface area contributed by atoms with Crippen LogP contribution >= 0.6 is 0 Å². The number of imide groups is 1. The fourth-order valence-corrected chi connectivity index (χ4v) is 2.82. The lowest BCUT2D eigenvalue weighted by atomic mass is 9.77. The number of urea groups is 1. The quantitative estimate of drug-likeness (QED) is 0.858. The molecule has 1 fully saturated rings. The van der Waals surface area contributed by atoms with Gasteiger partial charge in [0, 0.05) is 14.1 Å². The fraction of sp³-hybridized carbons (Fsp3) is 0.438. The average molecular weight is 287 g/mol. The molecule has 112 valence electrons. The normalized spacial score (nSPS) is 20.3. The topological polar surface area (TPSA) is 53.0 Å². The highest BCUT2D eigenvalue weighted by Gasteiger charge is 2.51. The van der Waals surface area contributed by atoms with Gasteiger partial charge in [-0.25, -0.2) is 9.79 Å². The molecule has 5 nitrogen and oxygen atoms in total. The summed E-state index contributed by atoms with van der Waals surface area (Å²) in [6.07, 6.45) is 1.21. The van der Waals surface area contributed by atoms with Crippen molar-refractivity contribution in [3.8, 4) is 0 Å². The van der Waals surface area contributed by atoms with Crippen LogP contribution in [0.1, 0.15) is 26.7 Å². The molecule has 21 heavy (non-hydrogen) atoms. The SMILES string of the molecule is CCC1(CC)C(=O)N(C)C(=O)N(C)C1=Nc1ccccc1. The molecule has 0 bridgehead atoms. The number of amides is 3. The van der Waals surface area contributed by atoms with Crippen molar-refractivity contribution in [1.82, 2.24) is 9.80 Å². The molecule has 2 rings (SSSR count). The van der Waals surface area contributed by atoms with Gasteiger partial charge in [-0.15, -0.1) is 0 Å². The van der Waals surface area contributed by atoms with Gasteiger partial charge in [-0.2, -0.15) is 0 Å². The number of hydrogen-bond donors (Lipinski definition) is 0. The molecule has 1 aliphatic rings. The van der Waals surface area contributed by atoms with Crippen molar-refractivity contribution in [1.29, 1.82) is 0 Å². The molecule has 0 aromatic heterocycles. The Hall–Kier alpha value is -2.17. The van der Waals surface area contributed by atoms with Gasteiger partial charge in [-0.05, 0) is 25.0 Å². The minimum atomic E-state index is -0.743. The summed E-state index contributed by atoms with van der Waals surface area (Å²) < 4.78 is 0. The van der Waals surface area contributed by atoms with Crippen LogP contribution in [-0.4, -0.2) is 41.7 Å². The van der Waals surface area contributed by atoms with E-state index < -0.39 is 5.41 Å². The molecule has 1 aromatic rings. The number of carbonyl (C=O) groups excluding carboxylic acids is 2. The summed E-state index contributed by atoms with van der Waals surface area (Å²) >= 11 is 0. The van der Waals surface area contributed by atoms with E-state index in [0.29, 0.717) is 18.7 Å². The van der Waals surface area contributed by atoms with E-state index in [4.69, 9.17) is 0 Å². The lowest BCUT2D eigenvalue weighted by Crippen LogP contribution is -2.62. The van der Waals surface area contributed by atoms with E-state index in [0.717, 1.165) is 5.69 Å². The van der Waals surface area contributed by atoms with Crippen LogP contribution < -0.4 is 0 Å². The number of benzene rings is 1. The van der Waals surface area contributed by atoms with Gasteiger partial charge in [-0.1, -0.05) is 32.0 Å². The maximum Gasteiger partial charge on any atom is 0.331 e.